The van der Waals surface area contributed by atoms with Gasteiger partial charge in [0.1, 0.15) is 12.3 Å². The average molecular weight is 379 g/mol. The fourth-order valence-corrected chi connectivity index (χ4v) is 2.80. The van der Waals surface area contributed by atoms with Gasteiger partial charge in [-0.3, -0.25) is 4.79 Å². The summed E-state index contributed by atoms with van der Waals surface area (Å²) in [5.74, 6) is -0.633. The average Bonchev–Trinajstić information content (AvgIpc) is 2.90. The number of aromatic hydroxyl groups is 1. The number of nitrogens with zero attached hydrogens (tertiary/aromatic N) is 3. The second-order valence-electron chi connectivity index (χ2n) is 5.85. The fourth-order valence-electron chi connectivity index (χ4n) is 2.80. The number of ether oxygens (including phenoxy) is 1. The zero-order valence-electron chi connectivity index (χ0n) is 14.5. The number of phenolic OH excluding ortho intramolecular Hbond substituents is 1. The van der Waals surface area contributed by atoms with E-state index in [9.17, 15) is 23.1 Å². The summed E-state index contributed by atoms with van der Waals surface area (Å²) >= 11 is 0. The van der Waals surface area contributed by atoms with Gasteiger partial charge in [0, 0.05) is 5.56 Å². The third-order valence-corrected chi connectivity index (χ3v) is 3.93. The van der Waals surface area contributed by atoms with Gasteiger partial charge in [0.25, 0.3) is 0 Å². The normalized spacial score (nSPS) is 11.7. The van der Waals surface area contributed by atoms with E-state index in [0.29, 0.717) is 5.56 Å². The van der Waals surface area contributed by atoms with Gasteiger partial charge >= 0.3 is 12.1 Å². The maximum absolute atomic E-state index is 13.7. The highest BCUT2D eigenvalue weighted by atomic mass is 19.4. The van der Waals surface area contributed by atoms with Crippen molar-refractivity contribution in [2.75, 3.05) is 6.61 Å². The van der Waals surface area contributed by atoms with Crippen molar-refractivity contribution in [1.82, 2.24) is 14.8 Å². The van der Waals surface area contributed by atoms with Crippen molar-refractivity contribution in [2.45, 2.75) is 26.6 Å². The molecular weight excluding hydrogens is 363 g/mol. The van der Waals surface area contributed by atoms with E-state index in [0.717, 1.165) is 10.7 Å². The number of alkyl halides is 3. The molecule has 1 N–H and O–H groups in total. The quantitative estimate of drug-likeness (QED) is 0.700. The monoisotopic (exact) mass is 379 g/mol. The first kappa shape index (κ1) is 18.7. The van der Waals surface area contributed by atoms with E-state index >= 15 is 0 Å². The van der Waals surface area contributed by atoms with Crippen LogP contribution >= 0.6 is 0 Å². The standard InChI is InChI=1S/C18H16F3N3O3/c1-3-27-15(26)9-24-17-16(10(2)23-24)13(18(19,20)21)8-14(22-17)11-4-6-12(25)7-5-11/h4-8,25H,3,9H2,1-2H3. The minimum absolute atomic E-state index is 0.0147. The summed E-state index contributed by atoms with van der Waals surface area (Å²) in [6.45, 7) is 2.87. The Kier molecular flexibility index (Phi) is 4.77. The minimum atomic E-state index is -4.63. The number of fused-ring (bicyclic) bond motifs is 1. The van der Waals surface area contributed by atoms with Gasteiger partial charge in [0.05, 0.1) is 28.9 Å². The number of benzene rings is 1. The third kappa shape index (κ3) is 3.71. The maximum Gasteiger partial charge on any atom is 0.417 e. The molecule has 0 spiro atoms. The predicted molar refractivity (Wildman–Crippen MR) is 91.0 cm³/mol. The molecule has 0 amide bonds. The summed E-state index contributed by atoms with van der Waals surface area (Å²) in [6.07, 6.45) is -4.63. The molecule has 3 aromatic rings. The number of phenols is 1. The minimum Gasteiger partial charge on any atom is -0.508 e. The number of esters is 1. The zero-order valence-corrected chi connectivity index (χ0v) is 14.5. The molecule has 0 fully saturated rings. The highest BCUT2D eigenvalue weighted by Gasteiger charge is 2.35. The van der Waals surface area contributed by atoms with E-state index in [1.54, 1.807) is 6.92 Å². The third-order valence-electron chi connectivity index (χ3n) is 3.93. The van der Waals surface area contributed by atoms with Crippen LogP contribution in [-0.4, -0.2) is 32.4 Å². The smallest absolute Gasteiger partial charge is 0.417 e. The summed E-state index contributed by atoms with van der Waals surface area (Å²) in [7, 11) is 0. The van der Waals surface area contributed by atoms with E-state index in [-0.39, 0.29) is 41.3 Å². The number of pyridine rings is 1. The number of hydrogen-bond donors (Lipinski definition) is 1. The Morgan fingerprint density at radius 1 is 1.26 bits per heavy atom. The number of carbonyl (C=O) groups is 1. The van der Waals surface area contributed by atoms with Gasteiger partial charge in [0.15, 0.2) is 5.65 Å². The van der Waals surface area contributed by atoms with Crippen LogP contribution < -0.4 is 0 Å². The van der Waals surface area contributed by atoms with Crippen LogP contribution in [0.25, 0.3) is 22.3 Å². The first-order valence-electron chi connectivity index (χ1n) is 8.11. The van der Waals surface area contributed by atoms with Gasteiger partial charge < -0.3 is 9.84 Å². The largest absolute Gasteiger partial charge is 0.508 e. The second-order valence-corrected chi connectivity index (χ2v) is 5.85. The van der Waals surface area contributed by atoms with E-state index in [1.807, 2.05) is 0 Å². The lowest BCUT2D eigenvalue weighted by Crippen LogP contribution is -2.15. The number of rotatable bonds is 4. The lowest BCUT2D eigenvalue weighted by molar-refractivity contribution is -0.144. The number of halogens is 3. The molecule has 2 aromatic heterocycles. The molecular formula is C18H16F3N3O3. The topological polar surface area (TPSA) is 77.2 Å². The fraction of sp³-hybridized carbons (Fsp3) is 0.278. The lowest BCUT2D eigenvalue weighted by atomic mass is 10.1. The van der Waals surface area contributed by atoms with Crippen molar-refractivity contribution in [2.24, 2.45) is 0 Å². The molecule has 0 saturated heterocycles. The molecule has 0 saturated carbocycles. The van der Waals surface area contributed by atoms with Crippen LogP contribution in [0, 0.1) is 6.92 Å². The Bertz CT molecular complexity index is 995. The second kappa shape index (κ2) is 6.90. The number of hydrogen-bond acceptors (Lipinski definition) is 5. The highest BCUT2D eigenvalue weighted by molar-refractivity contribution is 5.86. The van der Waals surface area contributed by atoms with Crippen molar-refractivity contribution >= 4 is 17.0 Å². The lowest BCUT2D eigenvalue weighted by Gasteiger charge is -2.12. The van der Waals surface area contributed by atoms with E-state index < -0.39 is 17.7 Å². The van der Waals surface area contributed by atoms with Gasteiger partial charge in [-0.25, -0.2) is 9.67 Å². The first-order valence-corrected chi connectivity index (χ1v) is 8.11. The van der Waals surface area contributed by atoms with Crippen LogP contribution in [0.4, 0.5) is 13.2 Å². The Morgan fingerprint density at radius 3 is 2.52 bits per heavy atom. The first-order chi connectivity index (χ1) is 12.7. The Morgan fingerprint density at radius 2 is 1.93 bits per heavy atom. The summed E-state index contributed by atoms with van der Waals surface area (Å²) < 4.78 is 46.9. The van der Waals surface area contributed by atoms with Gasteiger partial charge in [-0.1, -0.05) is 0 Å². The summed E-state index contributed by atoms with van der Waals surface area (Å²) in [5, 5.41) is 13.3. The van der Waals surface area contributed by atoms with Crippen LogP contribution in [-0.2, 0) is 22.3 Å². The van der Waals surface area contributed by atoms with E-state index in [2.05, 4.69) is 10.1 Å². The van der Waals surface area contributed by atoms with Gasteiger partial charge in [-0.15, -0.1) is 0 Å². The molecule has 0 unspecified atom stereocenters. The van der Waals surface area contributed by atoms with Crippen molar-refractivity contribution in [3.63, 3.8) is 0 Å². The number of aryl methyl sites for hydroxylation is 1. The van der Waals surface area contributed by atoms with Crippen molar-refractivity contribution in [1.29, 1.82) is 0 Å². The summed E-state index contributed by atoms with van der Waals surface area (Å²) in [6, 6.07) is 6.58. The zero-order chi connectivity index (χ0) is 19.8. The Labute approximate surface area is 152 Å². The molecule has 0 bridgehead atoms. The molecule has 3 rings (SSSR count). The van der Waals surface area contributed by atoms with Crippen LogP contribution in [0.2, 0.25) is 0 Å². The molecule has 2 heterocycles. The van der Waals surface area contributed by atoms with Crippen molar-refractivity contribution in [3.8, 4) is 17.0 Å². The van der Waals surface area contributed by atoms with Gasteiger partial charge in [0.2, 0.25) is 0 Å². The maximum atomic E-state index is 13.7. The van der Waals surface area contributed by atoms with E-state index in [4.69, 9.17) is 4.74 Å². The molecule has 142 valence electrons. The van der Waals surface area contributed by atoms with Crippen LogP contribution in [0.1, 0.15) is 18.2 Å². The van der Waals surface area contributed by atoms with Crippen LogP contribution in [0.5, 0.6) is 5.75 Å². The molecule has 0 aliphatic rings. The molecule has 0 atom stereocenters. The van der Waals surface area contributed by atoms with Crippen molar-refractivity contribution in [3.05, 3.63) is 41.6 Å². The van der Waals surface area contributed by atoms with E-state index in [1.165, 1.54) is 31.2 Å². The van der Waals surface area contributed by atoms with Crippen molar-refractivity contribution < 1.29 is 27.8 Å². The highest BCUT2D eigenvalue weighted by Crippen LogP contribution is 2.38. The molecule has 0 aliphatic heterocycles. The molecule has 27 heavy (non-hydrogen) atoms. The molecule has 1 aromatic carbocycles. The molecule has 9 heteroatoms. The molecule has 6 nitrogen and oxygen atoms in total. The number of carbonyl (C=O) groups excluding carboxylic acids is 1. The summed E-state index contributed by atoms with van der Waals surface area (Å²) in [4.78, 5) is 16.1. The van der Waals surface area contributed by atoms with Crippen LogP contribution in [0.15, 0.2) is 30.3 Å². The van der Waals surface area contributed by atoms with Gasteiger partial charge in [-0.05, 0) is 44.2 Å². The summed E-state index contributed by atoms with van der Waals surface area (Å²) in [5.41, 5.74) is -0.380. The SMILES string of the molecule is CCOC(=O)Cn1nc(C)c2c(C(F)(F)F)cc(-c3ccc(O)cc3)nc21. The van der Waals surface area contributed by atoms with Crippen LogP contribution in [0.3, 0.4) is 0 Å². The molecule has 0 aliphatic carbocycles. The predicted octanol–water partition coefficient (Wildman–Crippen LogP) is 3.69. The Balaban J connectivity index is 2.24. The molecule has 0 radical (unpaired) electrons. The Hall–Kier alpha value is -3.10. The number of aromatic nitrogens is 3. The van der Waals surface area contributed by atoms with Gasteiger partial charge in [-0.2, -0.15) is 18.3 Å².